The Balaban J connectivity index is 2.06. The predicted octanol–water partition coefficient (Wildman–Crippen LogP) is 1.33. The van der Waals surface area contributed by atoms with Crippen LogP contribution in [0.5, 0.6) is 5.75 Å². The molecule has 0 bridgehead atoms. The lowest BCUT2D eigenvalue weighted by Crippen LogP contribution is -2.25. The average molecular weight is 221 g/mol. The van der Waals surface area contributed by atoms with Crippen LogP contribution in [-0.2, 0) is 11.2 Å². The Kier molecular flexibility index (Phi) is 3.41. The number of carbonyl (C=O) groups excluding carboxylic acids is 1. The van der Waals surface area contributed by atoms with Crippen LogP contribution < -0.4 is 10.1 Å². The first-order valence-electron chi connectivity index (χ1n) is 5.46. The van der Waals surface area contributed by atoms with Crippen LogP contribution in [0.2, 0.25) is 0 Å². The van der Waals surface area contributed by atoms with Gasteiger partial charge in [0.05, 0.1) is 5.69 Å². The summed E-state index contributed by atoms with van der Waals surface area (Å²) in [5.74, 6) is 0.616. The van der Waals surface area contributed by atoms with Gasteiger partial charge in [-0.25, -0.2) is 0 Å². The molecule has 4 nitrogen and oxygen atoms in total. The minimum absolute atomic E-state index is 0.0941. The minimum Gasteiger partial charge on any atom is -0.482 e. The Hall–Kier alpha value is -1.55. The average Bonchev–Trinajstić information content (AvgIpc) is 2.29. The first-order valence-corrected chi connectivity index (χ1v) is 5.46. The van der Waals surface area contributed by atoms with Gasteiger partial charge in [-0.15, -0.1) is 0 Å². The highest BCUT2D eigenvalue weighted by Gasteiger charge is 2.15. The second kappa shape index (κ2) is 4.99. The van der Waals surface area contributed by atoms with Crippen molar-refractivity contribution < 1.29 is 14.6 Å². The highest BCUT2D eigenvalue weighted by atomic mass is 16.5. The van der Waals surface area contributed by atoms with Crippen LogP contribution in [-0.4, -0.2) is 24.2 Å². The van der Waals surface area contributed by atoms with E-state index in [0.717, 1.165) is 36.3 Å². The largest absolute Gasteiger partial charge is 0.482 e. The van der Waals surface area contributed by atoms with Crippen molar-refractivity contribution in [3.8, 4) is 5.75 Å². The molecule has 1 aromatic rings. The molecule has 1 aliphatic heterocycles. The fourth-order valence-electron chi connectivity index (χ4n) is 1.73. The van der Waals surface area contributed by atoms with Gasteiger partial charge in [-0.3, -0.25) is 4.79 Å². The zero-order valence-electron chi connectivity index (χ0n) is 9.03. The second-order valence-electron chi connectivity index (χ2n) is 3.85. The topological polar surface area (TPSA) is 58.6 Å². The van der Waals surface area contributed by atoms with Gasteiger partial charge in [0.2, 0.25) is 0 Å². The molecule has 0 unspecified atom stereocenters. The number of benzene rings is 1. The van der Waals surface area contributed by atoms with Gasteiger partial charge >= 0.3 is 0 Å². The number of hydrogen-bond acceptors (Lipinski definition) is 3. The van der Waals surface area contributed by atoms with Crippen molar-refractivity contribution in [2.24, 2.45) is 0 Å². The maximum absolute atomic E-state index is 11.1. The van der Waals surface area contributed by atoms with Crippen LogP contribution in [0.15, 0.2) is 18.2 Å². The molecule has 0 radical (unpaired) electrons. The molecule has 4 heteroatoms. The van der Waals surface area contributed by atoms with E-state index in [-0.39, 0.29) is 19.1 Å². The van der Waals surface area contributed by atoms with Gasteiger partial charge in [0, 0.05) is 6.61 Å². The third-order valence-corrected chi connectivity index (χ3v) is 2.55. The standard InChI is InChI=1S/C12H15NO3/c14-6-2-1-3-9-4-5-11-10(7-9)13-12(15)8-16-11/h4-5,7,14H,1-3,6,8H2,(H,13,15). The lowest BCUT2D eigenvalue weighted by molar-refractivity contribution is -0.118. The monoisotopic (exact) mass is 221 g/mol. The highest BCUT2D eigenvalue weighted by Crippen LogP contribution is 2.28. The Bertz CT molecular complexity index is 390. The number of aliphatic hydroxyl groups is 1. The number of amides is 1. The van der Waals surface area contributed by atoms with Crippen molar-refractivity contribution in [2.75, 3.05) is 18.5 Å². The molecule has 0 spiro atoms. The summed E-state index contributed by atoms with van der Waals surface area (Å²) in [6.45, 7) is 0.321. The summed E-state index contributed by atoms with van der Waals surface area (Å²) in [6, 6.07) is 5.81. The highest BCUT2D eigenvalue weighted by molar-refractivity contribution is 5.95. The fraction of sp³-hybridized carbons (Fsp3) is 0.417. The zero-order chi connectivity index (χ0) is 11.4. The summed E-state index contributed by atoms with van der Waals surface area (Å²) in [4.78, 5) is 11.1. The summed E-state index contributed by atoms with van der Waals surface area (Å²) < 4.78 is 5.26. The number of ether oxygens (including phenoxy) is 1. The maximum atomic E-state index is 11.1. The molecule has 0 saturated carbocycles. The van der Waals surface area contributed by atoms with Crippen molar-refractivity contribution in [3.05, 3.63) is 23.8 Å². The number of hydrogen-bond donors (Lipinski definition) is 2. The number of rotatable bonds is 4. The number of aryl methyl sites for hydroxylation is 1. The van der Waals surface area contributed by atoms with E-state index in [9.17, 15) is 4.79 Å². The van der Waals surface area contributed by atoms with Crippen molar-refractivity contribution in [1.82, 2.24) is 0 Å². The van der Waals surface area contributed by atoms with Crippen LogP contribution in [0.1, 0.15) is 18.4 Å². The zero-order valence-corrected chi connectivity index (χ0v) is 9.03. The van der Waals surface area contributed by atoms with E-state index < -0.39 is 0 Å². The van der Waals surface area contributed by atoms with Crippen LogP contribution in [0.3, 0.4) is 0 Å². The third-order valence-electron chi connectivity index (χ3n) is 2.55. The summed E-state index contributed by atoms with van der Waals surface area (Å²) >= 11 is 0. The van der Waals surface area contributed by atoms with E-state index in [1.54, 1.807) is 0 Å². The van der Waals surface area contributed by atoms with E-state index in [2.05, 4.69) is 5.32 Å². The second-order valence-corrected chi connectivity index (χ2v) is 3.85. The SMILES string of the molecule is O=C1COc2ccc(CCCCO)cc2N1. The van der Waals surface area contributed by atoms with E-state index in [1.165, 1.54) is 0 Å². The Labute approximate surface area is 94.2 Å². The Morgan fingerprint density at radius 2 is 2.25 bits per heavy atom. The van der Waals surface area contributed by atoms with Crippen LogP contribution >= 0.6 is 0 Å². The van der Waals surface area contributed by atoms with Gasteiger partial charge in [0.1, 0.15) is 5.75 Å². The van der Waals surface area contributed by atoms with E-state index in [4.69, 9.17) is 9.84 Å². The molecule has 0 atom stereocenters. The molecule has 1 amide bonds. The molecule has 2 rings (SSSR count). The number of aliphatic hydroxyl groups excluding tert-OH is 1. The fourth-order valence-corrected chi connectivity index (χ4v) is 1.73. The first-order chi connectivity index (χ1) is 7.79. The van der Waals surface area contributed by atoms with Crippen molar-refractivity contribution in [1.29, 1.82) is 0 Å². The van der Waals surface area contributed by atoms with Gasteiger partial charge in [-0.1, -0.05) is 6.07 Å². The van der Waals surface area contributed by atoms with Crippen LogP contribution in [0.25, 0.3) is 0 Å². The Morgan fingerprint density at radius 3 is 3.06 bits per heavy atom. The summed E-state index contributed by atoms with van der Waals surface area (Å²) in [6.07, 6.45) is 2.66. The summed E-state index contributed by atoms with van der Waals surface area (Å²) in [5, 5.41) is 11.5. The smallest absolute Gasteiger partial charge is 0.262 e. The molecule has 0 aromatic heterocycles. The number of anilines is 1. The molecule has 86 valence electrons. The third kappa shape index (κ3) is 2.52. The number of nitrogens with one attached hydrogen (secondary N) is 1. The molecule has 1 heterocycles. The lowest BCUT2D eigenvalue weighted by Gasteiger charge is -2.18. The molecule has 0 fully saturated rings. The minimum atomic E-state index is -0.111. The van der Waals surface area contributed by atoms with Gasteiger partial charge < -0.3 is 15.2 Å². The normalized spacial score (nSPS) is 13.9. The first kappa shape index (κ1) is 11.0. The van der Waals surface area contributed by atoms with Crippen LogP contribution in [0.4, 0.5) is 5.69 Å². The number of carbonyl (C=O) groups is 1. The van der Waals surface area contributed by atoms with Crippen molar-refractivity contribution in [2.45, 2.75) is 19.3 Å². The molecule has 16 heavy (non-hydrogen) atoms. The van der Waals surface area contributed by atoms with E-state index >= 15 is 0 Å². The van der Waals surface area contributed by atoms with Gasteiger partial charge in [-0.05, 0) is 37.0 Å². The molecular formula is C12H15NO3. The Morgan fingerprint density at radius 1 is 1.38 bits per heavy atom. The summed E-state index contributed by atoms with van der Waals surface area (Å²) in [7, 11) is 0. The molecule has 0 aliphatic carbocycles. The quantitative estimate of drug-likeness (QED) is 0.754. The number of fused-ring (bicyclic) bond motifs is 1. The number of unbranched alkanes of at least 4 members (excludes halogenated alkanes) is 1. The summed E-state index contributed by atoms with van der Waals surface area (Å²) in [5.41, 5.74) is 1.90. The lowest BCUT2D eigenvalue weighted by atomic mass is 10.1. The van der Waals surface area contributed by atoms with Crippen molar-refractivity contribution in [3.63, 3.8) is 0 Å². The van der Waals surface area contributed by atoms with Gasteiger partial charge in [0.25, 0.3) is 5.91 Å². The van der Waals surface area contributed by atoms with E-state index in [1.807, 2.05) is 18.2 Å². The molecular weight excluding hydrogens is 206 g/mol. The molecule has 1 aromatic carbocycles. The van der Waals surface area contributed by atoms with Crippen LogP contribution in [0, 0.1) is 0 Å². The van der Waals surface area contributed by atoms with Gasteiger partial charge in [-0.2, -0.15) is 0 Å². The van der Waals surface area contributed by atoms with Crippen molar-refractivity contribution >= 4 is 11.6 Å². The van der Waals surface area contributed by atoms with E-state index in [0.29, 0.717) is 0 Å². The molecule has 2 N–H and O–H groups in total. The molecule has 1 aliphatic rings. The maximum Gasteiger partial charge on any atom is 0.262 e. The molecule has 0 saturated heterocycles. The van der Waals surface area contributed by atoms with Gasteiger partial charge in [0.15, 0.2) is 6.61 Å². The predicted molar refractivity (Wildman–Crippen MR) is 60.6 cm³/mol.